The normalized spacial score (nSPS) is 23.4. The third-order valence-electron chi connectivity index (χ3n) is 5.98. The van der Waals surface area contributed by atoms with Gasteiger partial charge in [0.05, 0.1) is 11.6 Å². The van der Waals surface area contributed by atoms with Crippen molar-refractivity contribution in [2.45, 2.75) is 50.7 Å². The highest BCUT2D eigenvalue weighted by atomic mass is 15.3. The lowest BCUT2D eigenvalue weighted by Gasteiger charge is -2.55. The quantitative estimate of drug-likeness (QED) is 0.595. The molecule has 8 heteroatoms. The fourth-order valence-electron chi connectivity index (χ4n) is 4.68. The van der Waals surface area contributed by atoms with Crippen molar-refractivity contribution in [3.8, 4) is 6.07 Å². The predicted molar refractivity (Wildman–Crippen MR) is 112 cm³/mol. The Hall–Kier alpha value is -3.18. The summed E-state index contributed by atoms with van der Waals surface area (Å²) in [6.07, 6.45) is 5.84. The number of piperidine rings is 1. The minimum atomic E-state index is 0.385. The molecule has 3 aliphatic rings. The van der Waals surface area contributed by atoms with Gasteiger partial charge in [-0.15, -0.1) is 0 Å². The minimum absolute atomic E-state index is 0.385. The third-order valence-corrected chi connectivity index (χ3v) is 5.98. The average molecular weight is 388 g/mol. The maximum absolute atomic E-state index is 8.86. The van der Waals surface area contributed by atoms with Crippen molar-refractivity contribution < 1.29 is 0 Å². The molecule has 3 atom stereocenters. The van der Waals surface area contributed by atoms with E-state index in [0.29, 0.717) is 24.5 Å². The van der Waals surface area contributed by atoms with Gasteiger partial charge in [-0.05, 0) is 38.3 Å². The van der Waals surface area contributed by atoms with Crippen molar-refractivity contribution in [3.63, 3.8) is 0 Å². The Balaban J connectivity index is 1.36. The van der Waals surface area contributed by atoms with Crippen LogP contribution in [-0.2, 0) is 0 Å². The molecule has 8 nitrogen and oxygen atoms in total. The van der Waals surface area contributed by atoms with E-state index in [2.05, 4.69) is 42.9 Å². The first-order valence-electron chi connectivity index (χ1n) is 10.1. The zero-order valence-electron chi connectivity index (χ0n) is 16.4. The lowest BCUT2D eigenvalue weighted by molar-refractivity contribution is -0.0299. The molecule has 0 amide bonds. The second-order valence-electron chi connectivity index (χ2n) is 7.99. The summed E-state index contributed by atoms with van der Waals surface area (Å²) in [5, 5.41) is 24.0. The largest absolute Gasteiger partial charge is 0.367 e. The van der Waals surface area contributed by atoms with Crippen LogP contribution in [0.3, 0.4) is 0 Å². The van der Waals surface area contributed by atoms with Gasteiger partial charge in [-0.1, -0.05) is 0 Å². The zero-order chi connectivity index (χ0) is 19.8. The number of nitrogens with zero attached hydrogens (tertiary/aromatic N) is 5. The van der Waals surface area contributed by atoms with E-state index in [1.54, 1.807) is 6.20 Å². The Labute approximate surface area is 169 Å². The van der Waals surface area contributed by atoms with Crippen LogP contribution in [0, 0.1) is 18.3 Å². The molecule has 29 heavy (non-hydrogen) atoms. The van der Waals surface area contributed by atoms with Gasteiger partial charge in [0, 0.05) is 60.5 Å². The van der Waals surface area contributed by atoms with Crippen LogP contribution in [0.1, 0.15) is 31.4 Å². The summed E-state index contributed by atoms with van der Waals surface area (Å²) in [6.45, 7) is 2.86. The van der Waals surface area contributed by atoms with Gasteiger partial charge in [-0.3, -0.25) is 15.0 Å². The molecule has 3 fully saturated rings. The smallest absolute Gasteiger partial charge is 0.153 e. The lowest BCUT2D eigenvalue weighted by Crippen LogP contribution is -2.63. The van der Waals surface area contributed by atoms with Crippen LogP contribution in [0.15, 0.2) is 30.5 Å². The number of aromatic amines is 1. The van der Waals surface area contributed by atoms with Gasteiger partial charge in [0.2, 0.25) is 0 Å². The van der Waals surface area contributed by atoms with E-state index in [-0.39, 0.29) is 0 Å². The second kappa shape index (κ2) is 7.33. The summed E-state index contributed by atoms with van der Waals surface area (Å²) >= 11 is 0. The monoisotopic (exact) mass is 388 g/mol. The number of nitriles is 1. The molecule has 1 aliphatic carbocycles. The average Bonchev–Trinajstić information content (AvgIpc) is 3.13. The van der Waals surface area contributed by atoms with E-state index in [1.807, 2.05) is 25.1 Å². The second-order valence-corrected chi connectivity index (χ2v) is 7.99. The number of anilines is 3. The number of hydrogen-bond donors (Lipinski definition) is 3. The number of fused-ring (bicyclic) bond motifs is 3. The number of H-pyrrole nitrogens is 1. The molecule has 3 N–H and O–H groups in total. The van der Waals surface area contributed by atoms with E-state index >= 15 is 0 Å². The van der Waals surface area contributed by atoms with Gasteiger partial charge in [0.1, 0.15) is 11.6 Å². The Kier molecular flexibility index (Phi) is 4.52. The van der Waals surface area contributed by atoms with E-state index in [4.69, 9.17) is 10.2 Å². The molecular formula is C21H24N8. The topological polar surface area (TPSA) is 106 Å². The summed E-state index contributed by atoms with van der Waals surface area (Å²) in [7, 11) is 0. The van der Waals surface area contributed by atoms with Crippen LogP contribution >= 0.6 is 0 Å². The van der Waals surface area contributed by atoms with Crippen LogP contribution < -0.4 is 10.6 Å². The molecule has 6 rings (SSSR count). The summed E-state index contributed by atoms with van der Waals surface area (Å²) in [4.78, 5) is 11.9. The van der Waals surface area contributed by atoms with Gasteiger partial charge in [-0.25, -0.2) is 4.98 Å². The first-order chi connectivity index (χ1) is 14.2. The zero-order valence-corrected chi connectivity index (χ0v) is 16.4. The number of aryl methyl sites for hydroxylation is 1. The van der Waals surface area contributed by atoms with Gasteiger partial charge in [-0.2, -0.15) is 10.4 Å². The van der Waals surface area contributed by atoms with Crippen LogP contribution in [0.5, 0.6) is 0 Å². The SMILES string of the molecule is Cc1cc(Nc2cc3ncccc3c(NC3C[C@@H]4C[C@H](C3)N4CCC#N)n2)n[nH]1. The Morgan fingerprint density at radius 1 is 1.24 bits per heavy atom. The van der Waals surface area contributed by atoms with Crippen molar-refractivity contribution >= 4 is 28.4 Å². The van der Waals surface area contributed by atoms with Crippen LogP contribution in [0.2, 0.25) is 0 Å². The summed E-state index contributed by atoms with van der Waals surface area (Å²) in [5.74, 6) is 2.32. The third kappa shape index (κ3) is 3.49. The predicted octanol–water partition coefficient (Wildman–Crippen LogP) is 3.34. The van der Waals surface area contributed by atoms with Crippen molar-refractivity contribution in [1.82, 2.24) is 25.1 Å². The standard InChI is InChI=1S/C21H24N8/c1-13-8-20(28-27-13)25-19-12-18-17(4-2-6-23-18)21(26-19)24-14-9-15-11-16(10-14)29(15)7-3-5-22/h2,4,6,8,12,14-16H,3,7,9-11H2,1H3,(H3,24,25,26,27,28)/t14?,15-,16+. The van der Waals surface area contributed by atoms with Crippen molar-refractivity contribution in [3.05, 3.63) is 36.2 Å². The molecule has 1 saturated carbocycles. The molecule has 0 spiro atoms. The van der Waals surface area contributed by atoms with Crippen molar-refractivity contribution in [1.29, 1.82) is 5.26 Å². The Bertz CT molecular complexity index is 1060. The minimum Gasteiger partial charge on any atom is -0.367 e. The van der Waals surface area contributed by atoms with Gasteiger partial charge >= 0.3 is 0 Å². The number of aromatic nitrogens is 4. The van der Waals surface area contributed by atoms with Crippen LogP contribution in [0.4, 0.5) is 17.5 Å². The fraction of sp³-hybridized carbons (Fsp3) is 0.429. The van der Waals surface area contributed by atoms with E-state index < -0.39 is 0 Å². The highest BCUT2D eigenvalue weighted by Crippen LogP contribution is 2.39. The van der Waals surface area contributed by atoms with Gasteiger partial charge in [0.25, 0.3) is 0 Å². The molecule has 2 aliphatic heterocycles. The number of hydrogen-bond acceptors (Lipinski definition) is 7. The molecule has 2 bridgehead atoms. The summed E-state index contributed by atoms with van der Waals surface area (Å²) in [5.41, 5.74) is 1.89. The molecule has 1 unspecified atom stereocenters. The first-order valence-corrected chi connectivity index (χ1v) is 10.1. The Morgan fingerprint density at radius 3 is 2.86 bits per heavy atom. The molecule has 3 aromatic heterocycles. The molecule has 2 saturated heterocycles. The number of rotatable bonds is 6. The first kappa shape index (κ1) is 17.9. The van der Waals surface area contributed by atoms with E-state index in [9.17, 15) is 0 Å². The Morgan fingerprint density at radius 2 is 2.10 bits per heavy atom. The van der Waals surface area contributed by atoms with E-state index in [1.165, 1.54) is 6.42 Å². The highest BCUT2D eigenvalue weighted by molar-refractivity contribution is 5.91. The number of nitrogens with one attached hydrogen (secondary N) is 3. The fourth-order valence-corrected chi connectivity index (χ4v) is 4.68. The highest BCUT2D eigenvalue weighted by Gasteiger charge is 2.44. The van der Waals surface area contributed by atoms with Gasteiger partial charge < -0.3 is 10.6 Å². The van der Waals surface area contributed by atoms with Crippen molar-refractivity contribution in [2.75, 3.05) is 17.2 Å². The molecule has 3 aromatic rings. The van der Waals surface area contributed by atoms with Crippen LogP contribution in [0.25, 0.3) is 10.9 Å². The molecule has 0 aromatic carbocycles. The number of pyridine rings is 2. The molecule has 5 heterocycles. The maximum Gasteiger partial charge on any atom is 0.153 e. The van der Waals surface area contributed by atoms with Crippen molar-refractivity contribution in [2.24, 2.45) is 0 Å². The van der Waals surface area contributed by atoms with Crippen LogP contribution in [-0.4, -0.2) is 49.7 Å². The van der Waals surface area contributed by atoms with Gasteiger partial charge in [0.15, 0.2) is 5.82 Å². The molecule has 148 valence electrons. The summed E-state index contributed by atoms with van der Waals surface area (Å²) in [6, 6.07) is 11.7. The molecule has 0 radical (unpaired) electrons. The lowest BCUT2D eigenvalue weighted by atomic mass is 9.76. The summed E-state index contributed by atoms with van der Waals surface area (Å²) < 4.78 is 0. The molecular weight excluding hydrogens is 364 g/mol. The maximum atomic E-state index is 8.86. The van der Waals surface area contributed by atoms with E-state index in [0.717, 1.165) is 53.4 Å².